The van der Waals surface area contributed by atoms with Crippen LogP contribution in [0.25, 0.3) is 0 Å². The summed E-state index contributed by atoms with van der Waals surface area (Å²) in [4.78, 5) is 0. The number of nitrogens with one attached hydrogen (secondary N) is 1. The molecule has 18 heavy (non-hydrogen) atoms. The van der Waals surface area contributed by atoms with Gasteiger partial charge in [0, 0.05) is 11.6 Å². The first-order valence-electron chi connectivity index (χ1n) is 6.52. The lowest BCUT2D eigenvalue weighted by atomic mass is 9.87. The number of rotatable bonds is 5. The van der Waals surface area contributed by atoms with Gasteiger partial charge in [0.15, 0.2) is 0 Å². The zero-order chi connectivity index (χ0) is 13.8. The van der Waals surface area contributed by atoms with Gasteiger partial charge in [-0.15, -0.1) is 0 Å². The van der Waals surface area contributed by atoms with Crippen LogP contribution in [-0.4, -0.2) is 6.54 Å². The Hall–Kier alpha value is -0.960. The molecule has 1 rings (SSSR count). The minimum absolute atomic E-state index is 0.120. The van der Waals surface area contributed by atoms with Crippen LogP contribution in [0.5, 0.6) is 0 Å². The summed E-state index contributed by atoms with van der Waals surface area (Å²) in [6.07, 6.45) is 1.76. The molecule has 102 valence electrons. The highest BCUT2D eigenvalue weighted by atomic mass is 19.1. The molecule has 3 heteroatoms. The van der Waals surface area contributed by atoms with E-state index in [1.165, 1.54) is 12.1 Å². The molecular formula is C15H23F2N. The predicted octanol–water partition coefficient (Wildman–Crippen LogP) is 4.44. The van der Waals surface area contributed by atoms with Crippen LogP contribution in [0.2, 0.25) is 0 Å². The molecule has 0 radical (unpaired) electrons. The molecule has 1 aromatic rings. The lowest BCUT2D eigenvalue weighted by molar-refractivity contribution is 0.330. The Bertz CT molecular complexity index is 383. The van der Waals surface area contributed by atoms with Gasteiger partial charge in [-0.05, 0) is 43.0 Å². The third-order valence-electron chi connectivity index (χ3n) is 2.97. The molecule has 0 aromatic heterocycles. The zero-order valence-electron chi connectivity index (χ0n) is 11.7. The lowest BCUT2D eigenvalue weighted by Crippen LogP contribution is -2.23. The number of benzene rings is 1. The zero-order valence-corrected chi connectivity index (χ0v) is 11.7. The van der Waals surface area contributed by atoms with E-state index < -0.39 is 0 Å². The van der Waals surface area contributed by atoms with E-state index in [0.717, 1.165) is 25.5 Å². The van der Waals surface area contributed by atoms with Crippen LogP contribution in [0.3, 0.4) is 0 Å². The molecule has 0 aliphatic heterocycles. The topological polar surface area (TPSA) is 12.0 Å². The van der Waals surface area contributed by atoms with E-state index in [-0.39, 0.29) is 23.1 Å². The molecular weight excluding hydrogens is 232 g/mol. The van der Waals surface area contributed by atoms with Crippen LogP contribution in [0.15, 0.2) is 18.2 Å². The van der Waals surface area contributed by atoms with E-state index in [1.54, 1.807) is 0 Å². The molecule has 0 aliphatic rings. The maximum Gasteiger partial charge on any atom is 0.128 e. The molecule has 0 saturated carbocycles. The quantitative estimate of drug-likeness (QED) is 0.820. The molecule has 1 nitrogen and oxygen atoms in total. The number of halogens is 2. The van der Waals surface area contributed by atoms with E-state index >= 15 is 0 Å². The van der Waals surface area contributed by atoms with Crippen LogP contribution >= 0.6 is 0 Å². The Kier molecular flexibility index (Phi) is 5.27. The fourth-order valence-electron chi connectivity index (χ4n) is 1.97. The van der Waals surface area contributed by atoms with Crippen LogP contribution in [0, 0.1) is 17.0 Å². The van der Waals surface area contributed by atoms with E-state index in [1.807, 2.05) is 6.92 Å². The summed E-state index contributed by atoms with van der Waals surface area (Å²) in [6.45, 7) is 9.17. The van der Waals surface area contributed by atoms with Gasteiger partial charge in [-0.1, -0.05) is 27.7 Å². The van der Waals surface area contributed by atoms with Crippen LogP contribution in [0.4, 0.5) is 8.78 Å². The van der Waals surface area contributed by atoms with Crippen molar-refractivity contribution in [3.8, 4) is 0 Å². The average Bonchev–Trinajstić information content (AvgIpc) is 2.26. The van der Waals surface area contributed by atoms with Crippen molar-refractivity contribution in [2.24, 2.45) is 5.41 Å². The van der Waals surface area contributed by atoms with Gasteiger partial charge in [0.25, 0.3) is 0 Å². The maximum absolute atomic E-state index is 13.8. The van der Waals surface area contributed by atoms with Crippen molar-refractivity contribution in [2.75, 3.05) is 6.54 Å². The Morgan fingerprint density at radius 3 is 2.44 bits per heavy atom. The monoisotopic (exact) mass is 255 g/mol. The summed E-state index contributed by atoms with van der Waals surface area (Å²) < 4.78 is 27.0. The van der Waals surface area contributed by atoms with Gasteiger partial charge in [0.1, 0.15) is 11.6 Å². The molecule has 0 aliphatic carbocycles. The summed E-state index contributed by atoms with van der Waals surface area (Å²) in [7, 11) is 0. The van der Waals surface area contributed by atoms with Crippen molar-refractivity contribution in [3.63, 3.8) is 0 Å². The van der Waals surface area contributed by atoms with Gasteiger partial charge in [-0.25, -0.2) is 8.78 Å². The smallest absolute Gasteiger partial charge is 0.128 e. The van der Waals surface area contributed by atoms with E-state index in [9.17, 15) is 8.78 Å². The summed E-state index contributed by atoms with van der Waals surface area (Å²) in [5, 5.41) is 3.23. The molecule has 1 N–H and O–H groups in total. The highest BCUT2D eigenvalue weighted by Gasteiger charge is 2.19. The normalized spacial score (nSPS) is 13.7. The minimum Gasteiger partial charge on any atom is -0.310 e. The van der Waals surface area contributed by atoms with Crippen LogP contribution < -0.4 is 5.32 Å². The van der Waals surface area contributed by atoms with Crippen molar-refractivity contribution >= 4 is 0 Å². The Labute approximate surface area is 109 Å². The van der Waals surface area contributed by atoms with Crippen molar-refractivity contribution < 1.29 is 8.78 Å². The molecule has 0 heterocycles. The van der Waals surface area contributed by atoms with Crippen molar-refractivity contribution in [3.05, 3.63) is 35.4 Å². The minimum atomic E-state index is -0.384. The SMILES string of the molecule is CCNC(CCC(C)(C)C)c1cc(F)ccc1F. The van der Waals surface area contributed by atoms with Gasteiger partial charge >= 0.3 is 0 Å². The molecule has 0 bridgehead atoms. The molecule has 1 aromatic carbocycles. The molecule has 1 atom stereocenters. The predicted molar refractivity (Wildman–Crippen MR) is 71.5 cm³/mol. The average molecular weight is 255 g/mol. The molecule has 1 unspecified atom stereocenters. The van der Waals surface area contributed by atoms with Crippen molar-refractivity contribution in [1.82, 2.24) is 5.32 Å². The maximum atomic E-state index is 13.8. The van der Waals surface area contributed by atoms with E-state index in [0.29, 0.717) is 5.56 Å². The van der Waals surface area contributed by atoms with Crippen molar-refractivity contribution in [1.29, 1.82) is 0 Å². The molecule has 0 spiro atoms. The van der Waals surface area contributed by atoms with Crippen LogP contribution in [0.1, 0.15) is 52.1 Å². The largest absolute Gasteiger partial charge is 0.310 e. The third-order valence-corrected chi connectivity index (χ3v) is 2.97. The Morgan fingerprint density at radius 2 is 1.89 bits per heavy atom. The summed E-state index contributed by atoms with van der Waals surface area (Å²) in [5.74, 6) is -0.721. The van der Waals surface area contributed by atoms with Gasteiger partial charge in [-0.2, -0.15) is 0 Å². The fourth-order valence-corrected chi connectivity index (χ4v) is 1.97. The van der Waals surface area contributed by atoms with Crippen molar-refractivity contribution in [2.45, 2.75) is 46.6 Å². The molecule has 0 fully saturated rings. The summed E-state index contributed by atoms with van der Waals surface area (Å²) in [5.41, 5.74) is 0.624. The summed E-state index contributed by atoms with van der Waals surface area (Å²) in [6, 6.07) is 3.54. The lowest BCUT2D eigenvalue weighted by Gasteiger charge is -2.24. The van der Waals surface area contributed by atoms with Gasteiger partial charge in [0.05, 0.1) is 0 Å². The fraction of sp³-hybridized carbons (Fsp3) is 0.600. The third kappa shape index (κ3) is 4.73. The summed E-state index contributed by atoms with van der Waals surface area (Å²) >= 11 is 0. The van der Waals surface area contributed by atoms with E-state index in [2.05, 4.69) is 26.1 Å². The first-order valence-corrected chi connectivity index (χ1v) is 6.52. The van der Waals surface area contributed by atoms with E-state index in [4.69, 9.17) is 0 Å². The number of hydrogen-bond donors (Lipinski definition) is 1. The molecule has 0 amide bonds. The first kappa shape index (κ1) is 15.1. The standard InChI is InChI=1S/C15H23F2N/c1-5-18-14(8-9-15(2,3)4)12-10-11(16)6-7-13(12)17/h6-7,10,14,18H,5,8-9H2,1-4H3. The Balaban J connectivity index is 2.86. The highest BCUT2D eigenvalue weighted by molar-refractivity contribution is 5.22. The Morgan fingerprint density at radius 1 is 1.22 bits per heavy atom. The van der Waals surface area contributed by atoms with Gasteiger partial charge < -0.3 is 5.32 Å². The molecule has 0 saturated heterocycles. The van der Waals surface area contributed by atoms with Crippen LogP contribution in [-0.2, 0) is 0 Å². The van der Waals surface area contributed by atoms with Gasteiger partial charge in [0.2, 0.25) is 0 Å². The second-order valence-electron chi connectivity index (χ2n) is 5.88. The first-order chi connectivity index (χ1) is 8.33. The second kappa shape index (κ2) is 6.28. The number of hydrogen-bond acceptors (Lipinski definition) is 1. The second-order valence-corrected chi connectivity index (χ2v) is 5.88. The highest BCUT2D eigenvalue weighted by Crippen LogP contribution is 2.28. The van der Waals surface area contributed by atoms with Gasteiger partial charge in [-0.3, -0.25) is 0 Å².